The summed E-state index contributed by atoms with van der Waals surface area (Å²) in [6, 6.07) is 39.8. The molecule has 2 heteroatoms. The zero-order valence-electron chi connectivity index (χ0n) is 19.3. The van der Waals surface area contributed by atoms with Crippen LogP contribution in [0.25, 0.3) is 55.0 Å². The van der Waals surface area contributed by atoms with Crippen LogP contribution in [0.4, 0.5) is 0 Å². The Balaban J connectivity index is 1.70. The molecule has 5 aromatic carbocycles. The van der Waals surface area contributed by atoms with Gasteiger partial charge in [0.15, 0.2) is 0 Å². The van der Waals surface area contributed by atoms with E-state index in [0.717, 1.165) is 0 Å². The van der Waals surface area contributed by atoms with Gasteiger partial charge in [0.2, 0.25) is 0 Å². The molecule has 2 heterocycles. The predicted molar refractivity (Wildman–Crippen MR) is 145 cm³/mol. The molecule has 0 aliphatic rings. The largest absolute Gasteiger partial charge is 0.307 e. The van der Waals surface area contributed by atoms with Gasteiger partial charge < -0.3 is 9.13 Å². The number of aromatic nitrogens is 2. The summed E-state index contributed by atoms with van der Waals surface area (Å²) >= 11 is 0. The number of fused-ring (bicyclic) bond motifs is 6. The molecule has 0 unspecified atom stereocenters. The summed E-state index contributed by atoms with van der Waals surface area (Å²) in [7, 11) is 0. The third-order valence-corrected chi connectivity index (χ3v) is 7.03. The van der Waals surface area contributed by atoms with Gasteiger partial charge in [0.25, 0.3) is 0 Å². The highest BCUT2D eigenvalue weighted by Gasteiger charge is 2.19. The van der Waals surface area contributed by atoms with Crippen LogP contribution in [0.15, 0.2) is 109 Å². The zero-order valence-corrected chi connectivity index (χ0v) is 19.3. The van der Waals surface area contributed by atoms with Crippen molar-refractivity contribution >= 4 is 43.6 Å². The quantitative estimate of drug-likeness (QED) is 0.257. The Hall–Kier alpha value is -4.30. The molecule has 0 radical (unpaired) electrons. The molecule has 0 spiro atoms. The lowest BCUT2D eigenvalue weighted by atomic mass is 10.1. The summed E-state index contributed by atoms with van der Waals surface area (Å²) in [5.74, 6) is 0. The molecule has 162 valence electrons. The van der Waals surface area contributed by atoms with Crippen LogP contribution in [0, 0.1) is 13.8 Å². The lowest BCUT2D eigenvalue weighted by Gasteiger charge is -2.14. The molecule has 2 aromatic heterocycles. The number of aryl methyl sites for hydroxylation is 2. The lowest BCUT2D eigenvalue weighted by Crippen LogP contribution is -2.00. The fraction of sp³-hybridized carbons (Fsp3) is 0.0625. The van der Waals surface area contributed by atoms with E-state index >= 15 is 0 Å². The van der Waals surface area contributed by atoms with E-state index in [4.69, 9.17) is 0 Å². The third kappa shape index (κ3) is 2.63. The van der Waals surface area contributed by atoms with E-state index < -0.39 is 0 Å². The van der Waals surface area contributed by atoms with Crippen LogP contribution in [-0.4, -0.2) is 9.13 Å². The number of para-hydroxylation sites is 3. The average molecular weight is 437 g/mol. The standard InChI is InChI=1S/C32H24N2/c1-21-14-17-23(18-15-21)33-28-11-5-3-8-24(28)26-10-7-13-31(32(26)33)34-29-12-6-4-9-25(29)27-20-22(2)16-19-30(27)34/h3-20H,1-2H3. The first-order valence-corrected chi connectivity index (χ1v) is 11.8. The second-order valence-electron chi connectivity index (χ2n) is 9.23. The van der Waals surface area contributed by atoms with Gasteiger partial charge in [0.1, 0.15) is 0 Å². The molecule has 0 atom stereocenters. The van der Waals surface area contributed by atoms with Crippen LogP contribution in [0.2, 0.25) is 0 Å². The fourth-order valence-electron chi connectivity index (χ4n) is 5.49. The molecular formula is C32H24N2. The van der Waals surface area contributed by atoms with E-state index in [9.17, 15) is 0 Å². The molecule has 0 saturated heterocycles. The Kier molecular flexibility index (Phi) is 4.01. The first kappa shape index (κ1) is 19.2. The van der Waals surface area contributed by atoms with E-state index in [2.05, 4.69) is 132 Å². The molecule has 0 N–H and O–H groups in total. The minimum atomic E-state index is 1.18. The van der Waals surface area contributed by atoms with Crippen molar-refractivity contribution in [2.24, 2.45) is 0 Å². The zero-order chi connectivity index (χ0) is 22.8. The van der Waals surface area contributed by atoms with Gasteiger partial charge in [-0.05, 0) is 56.3 Å². The van der Waals surface area contributed by atoms with E-state index in [-0.39, 0.29) is 0 Å². The Morgan fingerprint density at radius 1 is 0.441 bits per heavy atom. The van der Waals surface area contributed by atoms with Gasteiger partial charge >= 0.3 is 0 Å². The lowest BCUT2D eigenvalue weighted by molar-refractivity contribution is 1.13. The Morgan fingerprint density at radius 3 is 1.79 bits per heavy atom. The van der Waals surface area contributed by atoms with Gasteiger partial charge in [-0.3, -0.25) is 0 Å². The maximum Gasteiger partial charge on any atom is 0.0782 e. The Morgan fingerprint density at radius 2 is 1.03 bits per heavy atom. The SMILES string of the molecule is Cc1ccc(-n2c3ccccc3c3cccc(-n4c5ccccc5c5cc(C)ccc54)c32)cc1. The Labute approximate surface area is 198 Å². The summed E-state index contributed by atoms with van der Waals surface area (Å²) in [5, 5.41) is 5.13. The highest BCUT2D eigenvalue weighted by molar-refractivity contribution is 6.15. The second-order valence-corrected chi connectivity index (χ2v) is 9.23. The molecule has 0 bridgehead atoms. The van der Waals surface area contributed by atoms with Crippen molar-refractivity contribution in [1.29, 1.82) is 0 Å². The topological polar surface area (TPSA) is 9.86 Å². The Bertz CT molecular complexity index is 1860. The third-order valence-electron chi connectivity index (χ3n) is 7.03. The van der Waals surface area contributed by atoms with Crippen LogP contribution >= 0.6 is 0 Å². The van der Waals surface area contributed by atoms with Crippen molar-refractivity contribution in [3.05, 3.63) is 120 Å². The van der Waals surface area contributed by atoms with Gasteiger partial charge in [-0.25, -0.2) is 0 Å². The number of hydrogen-bond donors (Lipinski definition) is 0. The molecule has 0 amide bonds. The first-order chi connectivity index (χ1) is 16.7. The number of benzene rings is 5. The summed E-state index contributed by atoms with van der Waals surface area (Å²) in [5.41, 5.74) is 9.85. The van der Waals surface area contributed by atoms with Gasteiger partial charge in [-0.1, -0.05) is 77.9 Å². The first-order valence-electron chi connectivity index (χ1n) is 11.8. The number of hydrogen-bond acceptors (Lipinski definition) is 0. The van der Waals surface area contributed by atoms with Gasteiger partial charge in [-0.15, -0.1) is 0 Å². The smallest absolute Gasteiger partial charge is 0.0782 e. The van der Waals surface area contributed by atoms with E-state index in [1.807, 2.05) is 0 Å². The summed E-state index contributed by atoms with van der Waals surface area (Å²) < 4.78 is 4.87. The highest BCUT2D eigenvalue weighted by Crippen LogP contribution is 2.39. The average Bonchev–Trinajstić information content (AvgIpc) is 3.38. The number of rotatable bonds is 2. The normalized spacial score (nSPS) is 11.8. The van der Waals surface area contributed by atoms with Crippen LogP contribution in [-0.2, 0) is 0 Å². The molecule has 34 heavy (non-hydrogen) atoms. The highest BCUT2D eigenvalue weighted by atomic mass is 15.1. The van der Waals surface area contributed by atoms with E-state index in [1.54, 1.807) is 0 Å². The van der Waals surface area contributed by atoms with Crippen LogP contribution in [0.1, 0.15) is 11.1 Å². The van der Waals surface area contributed by atoms with Crippen LogP contribution in [0.3, 0.4) is 0 Å². The van der Waals surface area contributed by atoms with Gasteiger partial charge in [0.05, 0.1) is 27.8 Å². The molecule has 0 saturated carbocycles. The molecule has 2 nitrogen and oxygen atoms in total. The van der Waals surface area contributed by atoms with Crippen molar-refractivity contribution in [2.45, 2.75) is 13.8 Å². The molecule has 0 aliphatic carbocycles. The van der Waals surface area contributed by atoms with Crippen LogP contribution < -0.4 is 0 Å². The predicted octanol–water partition coefficient (Wildman–Crippen LogP) is 8.50. The van der Waals surface area contributed by atoms with Gasteiger partial charge in [0, 0.05) is 27.2 Å². The molecule has 7 rings (SSSR count). The van der Waals surface area contributed by atoms with Crippen molar-refractivity contribution < 1.29 is 0 Å². The second kappa shape index (κ2) is 7.10. The van der Waals surface area contributed by atoms with Crippen molar-refractivity contribution in [3.8, 4) is 11.4 Å². The summed E-state index contributed by atoms with van der Waals surface area (Å²) in [4.78, 5) is 0. The van der Waals surface area contributed by atoms with E-state index in [1.165, 1.54) is 66.1 Å². The summed E-state index contributed by atoms with van der Waals surface area (Å²) in [6.07, 6.45) is 0. The van der Waals surface area contributed by atoms with Crippen molar-refractivity contribution in [2.75, 3.05) is 0 Å². The maximum atomic E-state index is 2.44. The van der Waals surface area contributed by atoms with Gasteiger partial charge in [-0.2, -0.15) is 0 Å². The maximum absolute atomic E-state index is 2.44. The minimum Gasteiger partial charge on any atom is -0.307 e. The summed E-state index contributed by atoms with van der Waals surface area (Å²) in [6.45, 7) is 4.31. The minimum absolute atomic E-state index is 1.18. The molecule has 0 aliphatic heterocycles. The fourth-order valence-corrected chi connectivity index (χ4v) is 5.49. The van der Waals surface area contributed by atoms with Crippen LogP contribution in [0.5, 0.6) is 0 Å². The molecule has 0 fully saturated rings. The molecule has 7 aromatic rings. The van der Waals surface area contributed by atoms with Crippen molar-refractivity contribution in [1.82, 2.24) is 9.13 Å². The number of nitrogens with zero attached hydrogens (tertiary/aromatic N) is 2. The van der Waals surface area contributed by atoms with Crippen molar-refractivity contribution in [3.63, 3.8) is 0 Å². The molecular weight excluding hydrogens is 412 g/mol. The van der Waals surface area contributed by atoms with E-state index in [0.29, 0.717) is 0 Å². The monoisotopic (exact) mass is 436 g/mol.